The molecule has 2 rings (SSSR count). The highest BCUT2D eigenvalue weighted by molar-refractivity contribution is 5.85. The van der Waals surface area contributed by atoms with Crippen molar-refractivity contribution in [2.75, 3.05) is 26.3 Å². The van der Waals surface area contributed by atoms with E-state index in [1.165, 1.54) is 0 Å². The number of aliphatic hydroxyl groups is 1. The van der Waals surface area contributed by atoms with E-state index in [-0.39, 0.29) is 30.3 Å². The van der Waals surface area contributed by atoms with E-state index in [1.807, 2.05) is 45.9 Å². The van der Waals surface area contributed by atoms with Crippen LogP contribution in [0.1, 0.15) is 72.4 Å². The van der Waals surface area contributed by atoms with Gasteiger partial charge in [0.1, 0.15) is 23.9 Å². The third kappa shape index (κ3) is 7.14. The summed E-state index contributed by atoms with van der Waals surface area (Å²) in [5.41, 5.74) is 3.04. The molecular weight excluding hydrogens is 438 g/mol. The van der Waals surface area contributed by atoms with Gasteiger partial charge < -0.3 is 19.7 Å². The van der Waals surface area contributed by atoms with Crippen molar-refractivity contribution in [1.82, 2.24) is 4.90 Å². The Morgan fingerprint density at radius 2 is 1.73 bits per heavy atom. The van der Waals surface area contributed by atoms with Gasteiger partial charge in [-0.25, -0.2) is 0 Å². The van der Waals surface area contributed by atoms with Crippen LogP contribution in [0.3, 0.4) is 0 Å². The van der Waals surface area contributed by atoms with E-state index in [2.05, 4.69) is 39.5 Å². The van der Waals surface area contributed by atoms with Gasteiger partial charge in [-0.1, -0.05) is 13.8 Å². The Hall–Kier alpha value is -1.69. The molecule has 0 fully saturated rings. The Balaban J connectivity index is 0.00000544. The number of allylic oxidation sites excluding steroid dienone is 2. The topological polar surface area (TPSA) is 62.2 Å². The van der Waals surface area contributed by atoms with Gasteiger partial charge in [0, 0.05) is 24.7 Å². The number of hydrogen-bond donors (Lipinski definition) is 2. The molecule has 1 aliphatic carbocycles. The van der Waals surface area contributed by atoms with Crippen LogP contribution in [0.2, 0.25) is 0 Å². The molecule has 2 unspecified atom stereocenters. The average molecular weight is 482 g/mol. The highest BCUT2D eigenvalue weighted by atomic mass is 35.5. The molecule has 0 aliphatic heterocycles. The normalized spacial score (nSPS) is 20.9. The van der Waals surface area contributed by atoms with Gasteiger partial charge in [0.2, 0.25) is 0 Å². The smallest absolute Gasteiger partial charge is 0.123 e. The highest BCUT2D eigenvalue weighted by Crippen LogP contribution is 2.38. The van der Waals surface area contributed by atoms with Crippen LogP contribution in [0.25, 0.3) is 0 Å². The molecule has 0 saturated heterocycles. The number of rotatable bonds is 10. The van der Waals surface area contributed by atoms with E-state index < -0.39 is 5.60 Å². The van der Waals surface area contributed by atoms with E-state index in [9.17, 15) is 10.2 Å². The standard InChI is InChI=1S/C27H43NO4.ClH/c1-10-31-26-21(8)20(7)15-27(9,30)23(26)16-28(18(4)5)11-12-32-25-13-19(6)24(29)14-22(25)17(2)3;/h13-15,17-18,23,29-30H,10-12,16H2,1-9H3;1H. The first-order valence-corrected chi connectivity index (χ1v) is 11.8. The fourth-order valence-electron chi connectivity index (χ4n) is 4.33. The molecule has 0 spiro atoms. The number of aromatic hydroxyl groups is 1. The van der Waals surface area contributed by atoms with Crippen LogP contribution in [0.15, 0.2) is 35.1 Å². The predicted molar refractivity (Wildman–Crippen MR) is 139 cm³/mol. The summed E-state index contributed by atoms with van der Waals surface area (Å²) in [5.74, 6) is 2.13. The molecule has 1 aromatic rings. The summed E-state index contributed by atoms with van der Waals surface area (Å²) in [5, 5.41) is 21.3. The fraction of sp³-hybridized carbons (Fsp3) is 0.630. The second kappa shape index (κ2) is 12.1. The Morgan fingerprint density at radius 1 is 1.09 bits per heavy atom. The second-order valence-electron chi connectivity index (χ2n) is 9.80. The minimum absolute atomic E-state index is 0. The minimum Gasteiger partial charge on any atom is -0.508 e. The lowest BCUT2D eigenvalue weighted by Gasteiger charge is -2.41. The largest absolute Gasteiger partial charge is 0.508 e. The van der Waals surface area contributed by atoms with Gasteiger partial charge >= 0.3 is 0 Å². The monoisotopic (exact) mass is 481 g/mol. The molecule has 0 saturated carbocycles. The summed E-state index contributed by atoms with van der Waals surface area (Å²) >= 11 is 0. The maximum Gasteiger partial charge on any atom is 0.123 e. The summed E-state index contributed by atoms with van der Waals surface area (Å²) in [6.07, 6.45) is 1.96. The molecule has 2 N–H and O–H groups in total. The maximum absolute atomic E-state index is 11.2. The Labute approximate surface area is 206 Å². The third-order valence-electron chi connectivity index (χ3n) is 6.53. The second-order valence-corrected chi connectivity index (χ2v) is 9.80. The number of hydrogen-bond acceptors (Lipinski definition) is 5. The van der Waals surface area contributed by atoms with Crippen LogP contribution in [0.4, 0.5) is 0 Å². The van der Waals surface area contributed by atoms with E-state index in [1.54, 1.807) is 0 Å². The Bertz CT molecular complexity index is 858. The summed E-state index contributed by atoms with van der Waals surface area (Å²) in [6.45, 7) is 20.9. The van der Waals surface area contributed by atoms with E-state index in [0.29, 0.717) is 25.5 Å². The molecule has 1 aromatic carbocycles. The zero-order chi connectivity index (χ0) is 24.2. The maximum atomic E-state index is 11.2. The van der Waals surface area contributed by atoms with Crippen molar-refractivity contribution in [2.45, 2.75) is 79.9 Å². The number of nitrogens with zero attached hydrogens (tertiary/aromatic N) is 1. The third-order valence-corrected chi connectivity index (χ3v) is 6.53. The van der Waals surface area contributed by atoms with Crippen molar-refractivity contribution >= 4 is 12.4 Å². The minimum atomic E-state index is -0.971. The lowest BCUT2D eigenvalue weighted by Crippen LogP contribution is -2.47. The van der Waals surface area contributed by atoms with Crippen LogP contribution in [0, 0.1) is 12.8 Å². The van der Waals surface area contributed by atoms with Crippen molar-refractivity contribution < 1.29 is 19.7 Å². The molecule has 0 radical (unpaired) electrons. The lowest BCUT2D eigenvalue weighted by molar-refractivity contribution is 0.00197. The van der Waals surface area contributed by atoms with E-state index >= 15 is 0 Å². The summed E-state index contributed by atoms with van der Waals surface area (Å²) in [7, 11) is 0. The van der Waals surface area contributed by atoms with Crippen LogP contribution in [0.5, 0.6) is 11.5 Å². The summed E-state index contributed by atoms with van der Waals surface area (Å²) in [4.78, 5) is 2.34. The molecular formula is C27H44ClNO4. The molecule has 0 heterocycles. The van der Waals surface area contributed by atoms with Gasteiger partial charge in [-0.05, 0) is 89.3 Å². The first-order valence-electron chi connectivity index (χ1n) is 11.8. The number of phenols is 1. The van der Waals surface area contributed by atoms with Crippen molar-refractivity contribution in [3.63, 3.8) is 0 Å². The molecule has 0 amide bonds. The van der Waals surface area contributed by atoms with E-state index in [0.717, 1.165) is 40.3 Å². The van der Waals surface area contributed by atoms with Gasteiger partial charge in [-0.15, -0.1) is 12.4 Å². The summed E-state index contributed by atoms with van der Waals surface area (Å²) < 4.78 is 12.2. The molecule has 0 bridgehead atoms. The number of benzene rings is 1. The van der Waals surface area contributed by atoms with Crippen LogP contribution < -0.4 is 4.74 Å². The fourth-order valence-corrected chi connectivity index (χ4v) is 4.33. The van der Waals surface area contributed by atoms with Crippen LogP contribution in [-0.2, 0) is 4.74 Å². The number of halogens is 1. The van der Waals surface area contributed by atoms with Crippen molar-refractivity contribution in [1.29, 1.82) is 0 Å². The Morgan fingerprint density at radius 3 is 2.27 bits per heavy atom. The Kier molecular flexibility index (Phi) is 10.8. The molecule has 2 atom stereocenters. The lowest BCUT2D eigenvalue weighted by atomic mass is 9.78. The van der Waals surface area contributed by atoms with Crippen LogP contribution >= 0.6 is 12.4 Å². The predicted octanol–water partition coefficient (Wildman–Crippen LogP) is 5.97. The number of ether oxygens (including phenoxy) is 2. The highest BCUT2D eigenvalue weighted by Gasteiger charge is 2.40. The quantitative estimate of drug-likeness (QED) is 0.431. The zero-order valence-electron chi connectivity index (χ0n) is 21.9. The molecule has 1 aliphatic rings. The molecule has 6 heteroatoms. The van der Waals surface area contributed by atoms with Gasteiger partial charge in [-0.2, -0.15) is 0 Å². The molecule has 5 nitrogen and oxygen atoms in total. The summed E-state index contributed by atoms with van der Waals surface area (Å²) in [6, 6.07) is 4.02. The average Bonchev–Trinajstić information content (AvgIpc) is 2.69. The molecule has 188 valence electrons. The zero-order valence-corrected chi connectivity index (χ0v) is 22.7. The van der Waals surface area contributed by atoms with Gasteiger partial charge in [0.05, 0.1) is 18.1 Å². The van der Waals surface area contributed by atoms with Gasteiger partial charge in [0.25, 0.3) is 0 Å². The number of aryl methyl sites for hydroxylation is 1. The van der Waals surface area contributed by atoms with Crippen molar-refractivity contribution in [2.24, 2.45) is 5.92 Å². The van der Waals surface area contributed by atoms with Crippen molar-refractivity contribution in [3.8, 4) is 11.5 Å². The molecule has 33 heavy (non-hydrogen) atoms. The van der Waals surface area contributed by atoms with Gasteiger partial charge in [0.15, 0.2) is 0 Å². The SMILES string of the molecule is CCOC1=C(C)C(C)=CC(C)(O)C1CN(CCOc1cc(C)c(O)cc1C(C)C)C(C)C.Cl. The molecule has 0 aromatic heterocycles. The van der Waals surface area contributed by atoms with Gasteiger partial charge in [-0.3, -0.25) is 4.90 Å². The first kappa shape index (κ1) is 29.3. The van der Waals surface area contributed by atoms with Crippen molar-refractivity contribution in [3.05, 3.63) is 46.2 Å². The first-order chi connectivity index (χ1) is 14.9. The van der Waals surface area contributed by atoms with Crippen LogP contribution in [-0.4, -0.2) is 53.1 Å². The van der Waals surface area contributed by atoms with E-state index in [4.69, 9.17) is 9.47 Å². The number of phenolic OH excluding ortho intramolecular Hbond substituents is 1.